The minimum atomic E-state index is -4.42. The molecule has 1 aromatic rings. The van der Waals surface area contributed by atoms with E-state index in [9.17, 15) is 21.9 Å². The molecule has 0 bridgehead atoms. The molecule has 2 aliphatic rings. The molecule has 5 atom stereocenters. The monoisotopic (exact) mass is 379 g/mol. The van der Waals surface area contributed by atoms with Crippen LogP contribution in [0.1, 0.15) is 6.92 Å². The fourth-order valence-corrected chi connectivity index (χ4v) is 5.92. The second-order valence-corrected chi connectivity index (χ2v) is 8.77. The molecule has 0 unspecified atom stereocenters. The quantitative estimate of drug-likeness (QED) is 0.605. The molecular weight excluding hydrogens is 362 g/mol. The second-order valence-electron chi connectivity index (χ2n) is 5.54. The van der Waals surface area contributed by atoms with Crippen molar-refractivity contribution < 1.29 is 35.6 Å². The molecular formula is C13H17NO8S2. The van der Waals surface area contributed by atoms with Gasteiger partial charge in [0.25, 0.3) is 10.1 Å². The molecule has 0 aromatic heterocycles. The Hall–Kier alpha value is -1.08. The molecule has 24 heavy (non-hydrogen) atoms. The number of aliphatic hydroxyl groups excluding tert-OH is 1. The van der Waals surface area contributed by atoms with Crippen molar-refractivity contribution in [1.82, 2.24) is 4.72 Å². The van der Waals surface area contributed by atoms with Crippen LogP contribution >= 0.6 is 0 Å². The van der Waals surface area contributed by atoms with Crippen LogP contribution in [0.2, 0.25) is 0 Å². The van der Waals surface area contributed by atoms with Crippen LogP contribution in [0.5, 0.6) is 0 Å². The third-order valence-electron chi connectivity index (χ3n) is 3.98. The molecule has 1 fully saturated rings. The van der Waals surface area contributed by atoms with E-state index in [0.717, 1.165) is 12.1 Å². The fraction of sp³-hybridized carbons (Fsp3) is 0.538. The molecule has 2 heterocycles. The van der Waals surface area contributed by atoms with Gasteiger partial charge in [-0.15, -0.1) is 0 Å². The minimum absolute atomic E-state index is 0.439. The maximum absolute atomic E-state index is 12.6. The first kappa shape index (κ1) is 17.7. The van der Waals surface area contributed by atoms with Crippen LogP contribution in [0.25, 0.3) is 0 Å². The number of hydrogen-bond donors (Lipinski definition) is 2. The summed E-state index contributed by atoms with van der Waals surface area (Å²) < 4.78 is 68.2. The lowest BCUT2D eigenvalue weighted by Gasteiger charge is -2.43. The summed E-state index contributed by atoms with van der Waals surface area (Å²) in [7, 11) is -7.35. The normalized spacial score (nSPS) is 37.5. The number of fused-ring (bicyclic) bond motifs is 2. The van der Waals surface area contributed by atoms with E-state index in [-0.39, 0.29) is 0 Å². The third kappa shape index (κ3) is 2.86. The lowest BCUT2D eigenvalue weighted by molar-refractivity contribution is -0.244. The largest absolute Gasteiger partial charge is 0.388 e. The van der Waals surface area contributed by atoms with Crippen molar-refractivity contribution in [3.05, 3.63) is 24.3 Å². The van der Waals surface area contributed by atoms with Gasteiger partial charge in [0.2, 0.25) is 10.0 Å². The average molecular weight is 379 g/mol. The summed E-state index contributed by atoms with van der Waals surface area (Å²) in [5.41, 5.74) is 0. The zero-order valence-electron chi connectivity index (χ0n) is 12.8. The van der Waals surface area contributed by atoms with Crippen molar-refractivity contribution in [3.63, 3.8) is 0 Å². The lowest BCUT2D eigenvalue weighted by atomic mass is 9.98. The van der Waals surface area contributed by atoms with Crippen LogP contribution in [0, 0.1) is 0 Å². The number of methoxy groups -OCH3 is 1. The Morgan fingerprint density at radius 3 is 2.42 bits per heavy atom. The first-order valence-corrected chi connectivity index (χ1v) is 9.97. The van der Waals surface area contributed by atoms with E-state index in [1.807, 2.05) is 0 Å². The summed E-state index contributed by atoms with van der Waals surface area (Å²) in [4.78, 5) is -0.928. The minimum Gasteiger partial charge on any atom is -0.388 e. The van der Waals surface area contributed by atoms with E-state index >= 15 is 0 Å². The number of ether oxygens (including phenoxy) is 2. The molecule has 0 amide bonds. The van der Waals surface area contributed by atoms with E-state index < -0.39 is 60.6 Å². The number of aliphatic hydroxyl groups is 1. The summed E-state index contributed by atoms with van der Waals surface area (Å²) in [6.07, 6.45) is -4.70. The number of benzene rings is 1. The highest BCUT2D eigenvalue weighted by Gasteiger charge is 2.50. The molecule has 11 heteroatoms. The highest BCUT2D eigenvalue weighted by atomic mass is 32.2. The maximum Gasteiger partial charge on any atom is 0.298 e. The molecule has 0 radical (unpaired) electrons. The van der Waals surface area contributed by atoms with Gasteiger partial charge < -0.3 is 14.6 Å². The highest BCUT2D eigenvalue weighted by molar-refractivity contribution is 7.91. The first-order chi connectivity index (χ1) is 11.2. The Kier molecular flexibility index (Phi) is 4.45. The van der Waals surface area contributed by atoms with Crippen molar-refractivity contribution in [2.75, 3.05) is 7.11 Å². The standard InChI is InChI=1S/C13H17NO8S2/c1-7-11(15)12-10(13(20-2)21-7)14-23(16,17)8-5-3-4-6-9(8)24(18,19)22-12/h3-7,10-15H,1-2H3/t7-,10-,11-,12-,13+/m1/s1. The van der Waals surface area contributed by atoms with Gasteiger partial charge in [0.15, 0.2) is 6.29 Å². The van der Waals surface area contributed by atoms with Crippen LogP contribution in [0.15, 0.2) is 34.1 Å². The Morgan fingerprint density at radius 2 is 1.79 bits per heavy atom. The smallest absolute Gasteiger partial charge is 0.298 e. The van der Waals surface area contributed by atoms with Crippen molar-refractivity contribution in [2.24, 2.45) is 0 Å². The second kappa shape index (κ2) is 6.02. The molecule has 0 saturated carbocycles. The predicted molar refractivity (Wildman–Crippen MR) is 80.0 cm³/mol. The zero-order valence-corrected chi connectivity index (χ0v) is 14.5. The SMILES string of the molecule is CO[C@H]1O[C@H](C)[C@@H](O)[C@@H]2OS(=O)(=O)c3ccccc3S(=O)(=O)N[C@@H]12. The van der Waals surface area contributed by atoms with E-state index in [4.69, 9.17) is 13.7 Å². The van der Waals surface area contributed by atoms with Crippen molar-refractivity contribution in [3.8, 4) is 0 Å². The molecule has 1 aromatic carbocycles. The zero-order chi connectivity index (χ0) is 17.7. The molecule has 0 spiro atoms. The van der Waals surface area contributed by atoms with E-state index in [1.54, 1.807) is 0 Å². The van der Waals surface area contributed by atoms with Gasteiger partial charge in [0, 0.05) is 7.11 Å². The van der Waals surface area contributed by atoms with Crippen LogP contribution < -0.4 is 4.72 Å². The Bertz CT molecular complexity index is 782. The van der Waals surface area contributed by atoms with Crippen molar-refractivity contribution in [1.29, 1.82) is 0 Å². The topological polar surface area (TPSA) is 128 Å². The molecule has 2 aliphatic heterocycles. The third-order valence-corrected chi connectivity index (χ3v) is 7.00. The molecule has 1 saturated heterocycles. The van der Waals surface area contributed by atoms with Gasteiger partial charge in [-0.2, -0.15) is 8.42 Å². The van der Waals surface area contributed by atoms with Crippen molar-refractivity contribution >= 4 is 20.1 Å². The maximum atomic E-state index is 12.6. The van der Waals surface area contributed by atoms with E-state index in [1.165, 1.54) is 26.2 Å². The summed E-state index contributed by atoms with van der Waals surface area (Å²) >= 11 is 0. The Balaban J connectivity index is 2.20. The van der Waals surface area contributed by atoms with Gasteiger partial charge in [0.05, 0.1) is 6.10 Å². The van der Waals surface area contributed by atoms with Gasteiger partial charge in [-0.3, -0.25) is 4.18 Å². The molecule has 2 N–H and O–H groups in total. The van der Waals surface area contributed by atoms with E-state index in [2.05, 4.69) is 4.72 Å². The predicted octanol–water partition coefficient (Wildman–Crippen LogP) is -0.827. The Morgan fingerprint density at radius 1 is 1.17 bits per heavy atom. The number of rotatable bonds is 1. The molecule has 0 aliphatic carbocycles. The molecule has 9 nitrogen and oxygen atoms in total. The summed E-state index contributed by atoms with van der Waals surface area (Å²) in [6, 6.07) is 3.83. The van der Waals surface area contributed by atoms with Gasteiger partial charge in [-0.05, 0) is 19.1 Å². The van der Waals surface area contributed by atoms with Crippen molar-refractivity contribution in [2.45, 2.75) is 47.4 Å². The molecule has 3 rings (SSSR count). The fourth-order valence-electron chi connectivity index (χ4n) is 2.77. The number of sulfonamides is 1. The number of hydrogen-bond acceptors (Lipinski definition) is 8. The number of nitrogens with one attached hydrogen (secondary N) is 1. The van der Waals surface area contributed by atoms with Crippen LogP contribution in [-0.2, 0) is 33.8 Å². The average Bonchev–Trinajstić information content (AvgIpc) is 2.53. The van der Waals surface area contributed by atoms with Crippen LogP contribution in [-0.4, -0.2) is 59.7 Å². The van der Waals surface area contributed by atoms with Crippen LogP contribution in [0.3, 0.4) is 0 Å². The Labute approximate surface area is 139 Å². The van der Waals surface area contributed by atoms with Gasteiger partial charge in [0.1, 0.15) is 28.0 Å². The van der Waals surface area contributed by atoms with E-state index in [0.29, 0.717) is 0 Å². The summed E-state index contributed by atoms with van der Waals surface area (Å²) in [5, 5.41) is 10.2. The first-order valence-electron chi connectivity index (χ1n) is 7.08. The van der Waals surface area contributed by atoms with Gasteiger partial charge in [-0.1, -0.05) is 12.1 Å². The van der Waals surface area contributed by atoms with Gasteiger partial charge >= 0.3 is 0 Å². The van der Waals surface area contributed by atoms with Gasteiger partial charge in [-0.25, -0.2) is 13.1 Å². The summed E-state index contributed by atoms with van der Waals surface area (Å²) in [6.45, 7) is 1.50. The summed E-state index contributed by atoms with van der Waals surface area (Å²) in [5.74, 6) is 0. The lowest BCUT2D eigenvalue weighted by Crippen LogP contribution is -2.65. The van der Waals surface area contributed by atoms with Crippen LogP contribution in [0.4, 0.5) is 0 Å². The molecule has 134 valence electrons. The highest BCUT2D eigenvalue weighted by Crippen LogP contribution is 2.32.